The number of halogens is 1. The van der Waals surface area contributed by atoms with Gasteiger partial charge in [-0.1, -0.05) is 35.1 Å². The summed E-state index contributed by atoms with van der Waals surface area (Å²) < 4.78 is 36.2. The first kappa shape index (κ1) is 23.1. The molecule has 30 heavy (non-hydrogen) atoms. The molecule has 3 rings (SSSR count). The van der Waals surface area contributed by atoms with Crippen LogP contribution < -0.4 is 15.5 Å². The molecule has 13 heteroatoms. The van der Waals surface area contributed by atoms with Crippen LogP contribution in [-0.2, 0) is 21.3 Å². The summed E-state index contributed by atoms with van der Waals surface area (Å²) in [5, 5.41) is 9.48. The normalized spacial score (nSPS) is 17.5. The molecule has 0 radical (unpaired) electrons. The molecule has 162 valence electrons. The Morgan fingerprint density at radius 2 is 2.37 bits per heavy atom. The molecule has 2 aromatic heterocycles. The van der Waals surface area contributed by atoms with E-state index in [1.165, 1.54) is 12.3 Å². The minimum atomic E-state index is -3.83. The molecule has 1 saturated heterocycles. The standard InChI is InChI=1S/C17H20ClN5O3S4/c1-2-7-23-15(18)13(11-20-21-16(27)19-10-12-5-3-8-26-12)29-17(23)22-30(24,25)14-6-4-9-28-14/h2,4,6,9,11-12H,1,3,5,7-8,10H2,(H2,19,21,27)/b20-11+,22-17?/t12-/m0/s1. The number of hydrazone groups is 1. The van der Waals surface area contributed by atoms with Crippen molar-refractivity contribution in [1.82, 2.24) is 15.3 Å². The van der Waals surface area contributed by atoms with Gasteiger partial charge in [-0.25, -0.2) is 0 Å². The Bertz CT molecular complexity index is 1080. The Hall–Kier alpha value is -1.57. The van der Waals surface area contributed by atoms with Crippen molar-refractivity contribution in [1.29, 1.82) is 0 Å². The summed E-state index contributed by atoms with van der Waals surface area (Å²) in [4.78, 5) is 0.766. The lowest BCUT2D eigenvalue weighted by Gasteiger charge is -2.11. The van der Waals surface area contributed by atoms with Gasteiger partial charge in [0.05, 0.1) is 17.2 Å². The second-order valence-electron chi connectivity index (χ2n) is 6.15. The largest absolute Gasteiger partial charge is 0.376 e. The van der Waals surface area contributed by atoms with Gasteiger partial charge < -0.3 is 14.6 Å². The van der Waals surface area contributed by atoms with Crippen molar-refractivity contribution in [3.05, 3.63) is 45.0 Å². The van der Waals surface area contributed by atoms with Crippen LogP contribution in [-0.4, -0.2) is 43.6 Å². The maximum atomic E-state index is 12.5. The molecule has 8 nitrogen and oxygen atoms in total. The summed E-state index contributed by atoms with van der Waals surface area (Å²) in [7, 11) is -3.83. The van der Waals surface area contributed by atoms with Gasteiger partial charge in [0.15, 0.2) is 5.11 Å². The molecular formula is C17H20ClN5O3S4. The zero-order valence-corrected chi connectivity index (χ0v) is 19.8. The lowest BCUT2D eigenvalue weighted by Crippen LogP contribution is -2.37. The molecule has 2 N–H and O–H groups in total. The lowest BCUT2D eigenvalue weighted by molar-refractivity contribution is 0.114. The summed E-state index contributed by atoms with van der Waals surface area (Å²) in [5.74, 6) is 0. The zero-order valence-electron chi connectivity index (χ0n) is 15.8. The molecule has 0 saturated carbocycles. The predicted octanol–water partition coefficient (Wildman–Crippen LogP) is 2.72. The fraction of sp³-hybridized carbons (Fsp3) is 0.353. The van der Waals surface area contributed by atoms with Crippen LogP contribution in [0.5, 0.6) is 0 Å². The summed E-state index contributed by atoms with van der Waals surface area (Å²) in [6.07, 6.45) is 5.31. The van der Waals surface area contributed by atoms with Crippen LogP contribution in [0.4, 0.5) is 0 Å². The van der Waals surface area contributed by atoms with Crippen LogP contribution in [0, 0.1) is 0 Å². The van der Waals surface area contributed by atoms with Crippen molar-refractivity contribution in [3.8, 4) is 0 Å². The molecule has 1 aliphatic rings. The van der Waals surface area contributed by atoms with Crippen molar-refractivity contribution in [3.63, 3.8) is 0 Å². The monoisotopic (exact) mass is 505 g/mol. The van der Waals surface area contributed by atoms with Crippen LogP contribution in [0.15, 0.2) is 43.9 Å². The summed E-state index contributed by atoms with van der Waals surface area (Å²) in [5.41, 5.74) is 2.72. The van der Waals surface area contributed by atoms with Gasteiger partial charge in [-0.2, -0.15) is 13.5 Å². The number of aromatic nitrogens is 1. The van der Waals surface area contributed by atoms with E-state index < -0.39 is 10.0 Å². The first-order valence-corrected chi connectivity index (χ1v) is 12.9. The number of nitrogens with zero attached hydrogens (tertiary/aromatic N) is 3. The average molecular weight is 506 g/mol. The third kappa shape index (κ3) is 5.99. The molecule has 0 aromatic carbocycles. The fourth-order valence-electron chi connectivity index (χ4n) is 2.61. The second kappa shape index (κ2) is 10.6. The van der Waals surface area contributed by atoms with Crippen molar-refractivity contribution < 1.29 is 13.2 Å². The molecule has 1 aliphatic heterocycles. The number of thiazole rings is 1. The van der Waals surface area contributed by atoms with Crippen LogP contribution in [0.1, 0.15) is 17.7 Å². The number of rotatable bonds is 8. The van der Waals surface area contributed by atoms with Gasteiger partial charge >= 0.3 is 0 Å². The van der Waals surface area contributed by atoms with Crippen molar-refractivity contribution in [2.24, 2.45) is 9.50 Å². The Balaban J connectivity index is 1.74. The van der Waals surface area contributed by atoms with Gasteiger partial charge in [-0.3, -0.25) is 5.43 Å². The molecule has 1 atom stereocenters. The predicted molar refractivity (Wildman–Crippen MR) is 125 cm³/mol. The van der Waals surface area contributed by atoms with E-state index in [1.54, 1.807) is 22.1 Å². The van der Waals surface area contributed by atoms with E-state index in [4.69, 9.17) is 28.6 Å². The van der Waals surface area contributed by atoms with Crippen LogP contribution >= 0.6 is 46.5 Å². The topological polar surface area (TPSA) is 97.1 Å². The number of hydrogen-bond donors (Lipinski definition) is 2. The zero-order chi connectivity index (χ0) is 21.6. The Kier molecular flexibility index (Phi) is 8.20. The summed E-state index contributed by atoms with van der Waals surface area (Å²) >= 11 is 13.8. The van der Waals surface area contributed by atoms with Gasteiger partial charge in [-0.15, -0.1) is 22.3 Å². The minimum absolute atomic E-state index is 0.160. The lowest BCUT2D eigenvalue weighted by atomic mass is 10.2. The molecule has 1 fully saturated rings. The molecule has 0 amide bonds. The molecule has 0 bridgehead atoms. The SMILES string of the molecule is C=CCn1c(Cl)c(/C=N/NC(=S)NC[C@@H]2CCCO2)sc1=NS(=O)(=O)c1cccs1. The number of sulfonamides is 1. The van der Waals surface area contributed by atoms with E-state index in [-0.39, 0.29) is 15.1 Å². The van der Waals surface area contributed by atoms with Gasteiger partial charge in [0.25, 0.3) is 10.0 Å². The Labute approximate surface area is 193 Å². The van der Waals surface area contributed by atoms with Crippen molar-refractivity contribution >= 4 is 67.8 Å². The van der Waals surface area contributed by atoms with E-state index in [0.29, 0.717) is 28.2 Å². The third-order valence-electron chi connectivity index (χ3n) is 3.99. The molecule has 2 aromatic rings. The van der Waals surface area contributed by atoms with Crippen LogP contribution in [0.3, 0.4) is 0 Å². The average Bonchev–Trinajstić information content (AvgIpc) is 3.46. The van der Waals surface area contributed by atoms with Crippen molar-refractivity contribution in [2.45, 2.75) is 29.7 Å². The molecule has 0 aliphatic carbocycles. The van der Waals surface area contributed by atoms with E-state index in [9.17, 15) is 8.42 Å². The molecule has 0 spiro atoms. The number of allylic oxidation sites excluding steroid dienone is 1. The van der Waals surface area contributed by atoms with Gasteiger partial charge in [-0.05, 0) is 36.5 Å². The maximum Gasteiger partial charge on any atom is 0.294 e. The number of thiophene rings is 1. The Morgan fingerprint density at radius 1 is 1.53 bits per heavy atom. The first-order chi connectivity index (χ1) is 14.4. The maximum absolute atomic E-state index is 12.5. The highest BCUT2D eigenvalue weighted by molar-refractivity contribution is 7.92. The summed E-state index contributed by atoms with van der Waals surface area (Å²) in [6, 6.07) is 3.17. The highest BCUT2D eigenvalue weighted by atomic mass is 35.5. The number of ether oxygens (including phenoxy) is 1. The van der Waals surface area contributed by atoms with E-state index in [2.05, 4.69) is 26.8 Å². The highest BCUT2D eigenvalue weighted by Crippen LogP contribution is 2.20. The minimum Gasteiger partial charge on any atom is -0.376 e. The van der Waals surface area contributed by atoms with Gasteiger partial charge in [0.2, 0.25) is 4.80 Å². The van der Waals surface area contributed by atoms with E-state index in [1.807, 2.05) is 0 Å². The highest BCUT2D eigenvalue weighted by Gasteiger charge is 2.17. The summed E-state index contributed by atoms with van der Waals surface area (Å²) in [6.45, 7) is 5.38. The van der Waals surface area contributed by atoms with Crippen LogP contribution in [0.25, 0.3) is 0 Å². The van der Waals surface area contributed by atoms with E-state index in [0.717, 1.165) is 42.1 Å². The van der Waals surface area contributed by atoms with Gasteiger partial charge in [0, 0.05) is 19.7 Å². The molecule has 3 heterocycles. The third-order valence-corrected chi connectivity index (χ3v) is 8.52. The Morgan fingerprint density at radius 3 is 3.03 bits per heavy atom. The molecule has 0 unspecified atom stereocenters. The number of nitrogens with one attached hydrogen (secondary N) is 2. The number of hydrogen-bond acceptors (Lipinski definition) is 7. The second-order valence-corrected chi connectivity index (χ2v) is 10.7. The van der Waals surface area contributed by atoms with E-state index >= 15 is 0 Å². The van der Waals surface area contributed by atoms with Crippen LogP contribution in [0.2, 0.25) is 5.15 Å². The number of thiocarbonyl (C=S) groups is 1. The smallest absolute Gasteiger partial charge is 0.294 e. The van der Waals surface area contributed by atoms with Gasteiger partial charge in [0.1, 0.15) is 9.36 Å². The quantitative estimate of drug-likeness (QED) is 0.248. The fourth-order valence-corrected chi connectivity index (χ4v) is 6.18. The first-order valence-electron chi connectivity index (χ1n) is 8.94. The van der Waals surface area contributed by atoms with Crippen molar-refractivity contribution in [2.75, 3.05) is 13.2 Å². The molecular weight excluding hydrogens is 486 g/mol.